The van der Waals surface area contributed by atoms with Crippen molar-refractivity contribution in [2.45, 2.75) is 52.5 Å². The number of nitrogens with two attached hydrogens (primary N) is 1. The Kier molecular flexibility index (Phi) is 6.48. The molecule has 0 aromatic rings. The van der Waals surface area contributed by atoms with Crippen molar-refractivity contribution in [1.29, 1.82) is 0 Å². The Morgan fingerprint density at radius 3 is 2.00 bits per heavy atom. The molecular formula is C13H25N3O4. The topological polar surface area (TPSA) is 122 Å². The Labute approximate surface area is 119 Å². The number of carbonyl (C=O) groups excluding carboxylic acids is 2. The first-order valence-corrected chi connectivity index (χ1v) is 6.66. The van der Waals surface area contributed by atoms with Crippen LogP contribution in [0, 0.1) is 5.41 Å². The van der Waals surface area contributed by atoms with Gasteiger partial charge in [-0.3, -0.25) is 9.59 Å². The fourth-order valence-electron chi connectivity index (χ4n) is 1.96. The number of hydrogen-bond acceptors (Lipinski definition) is 3. The van der Waals surface area contributed by atoms with E-state index in [1.807, 2.05) is 0 Å². The summed E-state index contributed by atoms with van der Waals surface area (Å²) in [6, 6.07) is -0.510. The number of hydrogen-bond donors (Lipinski definition) is 4. The fraction of sp³-hybridized carbons (Fsp3) is 0.769. The molecule has 0 spiro atoms. The summed E-state index contributed by atoms with van der Waals surface area (Å²) in [6.07, 6.45) is 0.847. The van der Waals surface area contributed by atoms with Gasteiger partial charge in [0, 0.05) is 18.5 Å². The van der Waals surface area contributed by atoms with E-state index in [1.165, 1.54) is 0 Å². The predicted molar refractivity (Wildman–Crippen MR) is 75.1 cm³/mol. The molecular weight excluding hydrogens is 262 g/mol. The van der Waals surface area contributed by atoms with E-state index in [-0.39, 0.29) is 13.0 Å². The van der Waals surface area contributed by atoms with Crippen molar-refractivity contribution < 1.29 is 19.5 Å². The molecule has 0 saturated carbocycles. The molecule has 0 aliphatic carbocycles. The minimum atomic E-state index is -0.967. The predicted octanol–water partition coefficient (Wildman–Crippen LogP) is 0.831. The molecule has 116 valence electrons. The normalized spacial score (nSPS) is 11.8. The Hall–Kier alpha value is -1.79. The summed E-state index contributed by atoms with van der Waals surface area (Å²) in [5, 5.41) is 14.4. The van der Waals surface area contributed by atoms with Gasteiger partial charge in [-0.05, 0) is 26.7 Å². The van der Waals surface area contributed by atoms with Crippen LogP contribution in [-0.4, -0.2) is 35.1 Å². The number of amides is 3. The van der Waals surface area contributed by atoms with Crippen LogP contribution in [0.4, 0.5) is 4.79 Å². The summed E-state index contributed by atoms with van der Waals surface area (Å²) in [4.78, 5) is 33.9. The maximum atomic E-state index is 11.8. The lowest BCUT2D eigenvalue weighted by Gasteiger charge is -2.29. The first-order chi connectivity index (χ1) is 9.08. The van der Waals surface area contributed by atoms with Crippen LogP contribution in [0.3, 0.4) is 0 Å². The number of carboxylic acid groups (broad SMARTS) is 1. The molecule has 0 radical (unpaired) electrons. The van der Waals surface area contributed by atoms with Crippen molar-refractivity contribution >= 4 is 17.9 Å². The van der Waals surface area contributed by atoms with Crippen LogP contribution < -0.4 is 16.4 Å². The van der Waals surface area contributed by atoms with Gasteiger partial charge in [-0.15, -0.1) is 0 Å². The van der Waals surface area contributed by atoms with E-state index in [9.17, 15) is 19.5 Å². The van der Waals surface area contributed by atoms with Gasteiger partial charge in [0.1, 0.15) is 0 Å². The minimum absolute atomic E-state index is 0.00600. The summed E-state index contributed by atoms with van der Waals surface area (Å²) in [6.45, 7) is 6.92. The van der Waals surface area contributed by atoms with E-state index in [0.717, 1.165) is 0 Å². The van der Waals surface area contributed by atoms with Crippen molar-refractivity contribution in [3.63, 3.8) is 0 Å². The van der Waals surface area contributed by atoms with Crippen molar-refractivity contribution in [2.24, 2.45) is 11.1 Å². The summed E-state index contributed by atoms with van der Waals surface area (Å²) < 4.78 is 0. The molecule has 0 aromatic heterocycles. The number of aliphatic carboxylic acids is 1. The number of rotatable bonds is 8. The lowest BCUT2D eigenvalue weighted by molar-refractivity contribution is -0.149. The number of carbonyl (C=O) groups is 3. The molecule has 0 saturated heterocycles. The van der Waals surface area contributed by atoms with Crippen molar-refractivity contribution in [3.05, 3.63) is 0 Å². The van der Waals surface area contributed by atoms with Gasteiger partial charge in [-0.1, -0.05) is 13.8 Å². The van der Waals surface area contributed by atoms with Crippen LogP contribution in [0.1, 0.15) is 47.0 Å². The monoisotopic (exact) mass is 287 g/mol. The van der Waals surface area contributed by atoms with E-state index >= 15 is 0 Å². The third-order valence-corrected chi connectivity index (χ3v) is 3.46. The highest BCUT2D eigenvalue weighted by molar-refractivity contribution is 5.80. The van der Waals surface area contributed by atoms with Crippen molar-refractivity contribution in [1.82, 2.24) is 10.6 Å². The van der Waals surface area contributed by atoms with Gasteiger partial charge < -0.3 is 21.5 Å². The zero-order valence-electron chi connectivity index (χ0n) is 12.6. The molecule has 0 rings (SSSR count). The Balaban J connectivity index is 4.55. The zero-order chi connectivity index (χ0) is 16.0. The minimum Gasteiger partial charge on any atom is -0.481 e. The second-order valence-electron chi connectivity index (χ2n) is 5.63. The quantitative estimate of drug-likeness (QED) is 0.528. The Morgan fingerprint density at radius 2 is 1.65 bits per heavy atom. The van der Waals surface area contributed by atoms with Gasteiger partial charge in [0.25, 0.3) is 0 Å². The summed E-state index contributed by atoms with van der Waals surface area (Å²) in [5.41, 5.74) is 3.35. The molecule has 0 aliphatic rings. The van der Waals surface area contributed by atoms with E-state index in [2.05, 4.69) is 10.6 Å². The van der Waals surface area contributed by atoms with Gasteiger partial charge in [-0.2, -0.15) is 0 Å². The molecule has 0 aliphatic heterocycles. The molecule has 0 aromatic carbocycles. The Morgan fingerprint density at radius 1 is 1.15 bits per heavy atom. The molecule has 5 N–H and O–H groups in total. The molecule has 0 atom stereocenters. The summed E-state index contributed by atoms with van der Waals surface area (Å²) in [5.74, 6) is -1.45. The number of carboxylic acids is 1. The fourth-order valence-corrected chi connectivity index (χ4v) is 1.96. The van der Waals surface area contributed by atoms with Crippen LogP contribution in [0.25, 0.3) is 0 Å². The summed E-state index contributed by atoms with van der Waals surface area (Å²) in [7, 11) is 0. The van der Waals surface area contributed by atoms with Crippen LogP contribution >= 0.6 is 0 Å². The van der Waals surface area contributed by atoms with Gasteiger partial charge in [0.15, 0.2) is 0 Å². The maximum absolute atomic E-state index is 11.8. The van der Waals surface area contributed by atoms with Crippen LogP contribution in [0.15, 0.2) is 0 Å². The number of primary amides is 1. The number of nitrogens with one attached hydrogen (secondary N) is 2. The van der Waals surface area contributed by atoms with Crippen LogP contribution in [-0.2, 0) is 9.59 Å². The highest BCUT2D eigenvalue weighted by Gasteiger charge is 2.35. The molecule has 3 amide bonds. The lowest BCUT2D eigenvalue weighted by Crippen LogP contribution is -2.52. The average Bonchev–Trinajstić information content (AvgIpc) is 2.27. The van der Waals surface area contributed by atoms with Gasteiger partial charge >= 0.3 is 12.0 Å². The largest absolute Gasteiger partial charge is 0.481 e. The molecule has 0 bridgehead atoms. The molecule has 0 unspecified atom stereocenters. The second-order valence-corrected chi connectivity index (χ2v) is 5.63. The SMILES string of the molecule is CCC(CC)(CNC(=O)NC(C)(C)CC(N)=O)C(=O)O. The lowest BCUT2D eigenvalue weighted by atomic mass is 9.82. The molecule has 7 heteroatoms. The third kappa shape index (κ3) is 5.46. The smallest absolute Gasteiger partial charge is 0.315 e. The zero-order valence-corrected chi connectivity index (χ0v) is 12.6. The van der Waals surface area contributed by atoms with E-state index in [1.54, 1.807) is 27.7 Å². The molecule has 0 fully saturated rings. The van der Waals surface area contributed by atoms with Gasteiger partial charge in [0.2, 0.25) is 5.91 Å². The molecule has 7 nitrogen and oxygen atoms in total. The third-order valence-electron chi connectivity index (χ3n) is 3.46. The maximum Gasteiger partial charge on any atom is 0.315 e. The summed E-state index contributed by atoms with van der Waals surface area (Å²) >= 11 is 0. The first kappa shape index (κ1) is 18.2. The van der Waals surface area contributed by atoms with Crippen molar-refractivity contribution in [3.8, 4) is 0 Å². The van der Waals surface area contributed by atoms with E-state index in [0.29, 0.717) is 12.8 Å². The standard InChI is InChI=1S/C13H25N3O4/c1-5-13(6-2,10(18)19)8-15-11(20)16-12(3,4)7-9(14)17/h5-8H2,1-4H3,(H2,14,17)(H,18,19)(H2,15,16,20). The van der Waals surface area contributed by atoms with E-state index < -0.39 is 28.9 Å². The average molecular weight is 287 g/mol. The van der Waals surface area contributed by atoms with E-state index in [4.69, 9.17) is 5.73 Å². The van der Waals surface area contributed by atoms with Crippen LogP contribution in [0.5, 0.6) is 0 Å². The molecule has 20 heavy (non-hydrogen) atoms. The highest BCUT2D eigenvalue weighted by Crippen LogP contribution is 2.25. The number of urea groups is 1. The molecule has 0 heterocycles. The van der Waals surface area contributed by atoms with Gasteiger partial charge in [0.05, 0.1) is 5.41 Å². The van der Waals surface area contributed by atoms with Gasteiger partial charge in [-0.25, -0.2) is 4.79 Å². The highest BCUT2D eigenvalue weighted by atomic mass is 16.4. The van der Waals surface area contributed by atoms with Crippen molar-refractivity contribution in [2.75, 3.05) is 6.54 Å². The first-order valence-electron chi connectivity index (χ1n) is 6.66. The second kappa shape index (κ2) is 7.12. The Bertz CT molecular complexity index is 376. The van der Waals surface area contributed by atoms with Crippen LogP contribution in [0.2, 0.25) is 0 Å².